The van der Waals surface area contributed by atoms with Gasteiger partial charge in [-0.2, -0.15) is 0 Å². The van der Waals surface area contributed by atoms with E-state index < -0.39 is 24.9 Å². The summed E-state index contributed by atoms with van der Waals surface area (Å²) < 4.78 is 11.4. The van der Waals surface area contributed by atoms with Crippen LogP contribution in [0, 0.1) is 10.1 Å². The number of hydrogen-bond acceptors (Lipinski definition) is 8. The highest BCUT2D eigenvalue weighted by molar-refractivity contribution is 6.76. The third-order valence-corrected chi connectivity index (χ3v) is 7.39. The van der Waals surface area contributed by atoms with Gasteiger partial charge >= 0.3 is 11.9 Å². The lowest BCUT2D eigenvalue weighted by Crippen LogP contribution is -2.35. The molecule has 1 aliphatic rings. The first kappa shape index (κ1) is 29.6. The second kappa shape index (κ2) is 13.6. The first-order valence-electron chi connectivity index (χ1n) is 12.0. The van der Waals surface area contributed by atoms with Crippen LogP contribution in [-0.2, 0) is 19.1 Å². The predicted octanol–water partition coefficient (Wildman–Crippen LogP) is 5.41. The highest BCUT2D eigenvalue weighted by Gasteiger charge is 2.34. The Labute approximate surface area is 216 Å². The number of carboxylic acids is 1. The van der Waals surface area contributed by atoms with Crippen molar-refractivity contribution >= 4 is 31.4 Å². The Morgan fingerprint density at radius 1 is 1.19 bits per heavy atom. The fourth-order valence-corrected chi connectivity index (χ4v) is 4.46. The molecule has 1 aromatic carbocycles. The Balaban J connectivity index is 2.53. The van der Waals surface area contributed by atoms with Gasteiger partial charge < -0.3 is 19.5 Å². The summed E-state index contributed by atoms with van der Waals surface area (Å²) in [5.74, 6) is -1.78. The number of esters is 1. The minimum absolute atomic E-state index is 0.0396. The molecule has 37 heavy (non-hydrogen) atoms. The molecule has 0 radical (unpaired) electrons. The molecule has 0 amide bonds. The molecule has 0 unspecified atom stereocenters. The van der Waals surface area contributed by atoms with E-state index >= 15 is 0 Å². The average Bonchev–Trinajstić information content (AvgIpc) is 2.84. The van der Waals surface area contributed by atoms with Crippen molar-refractivity contribution in [3.8, 4) is 0 Å². The third-order valence-electron chi connectivity index (χ3n) is 5.68. The lowest BCUT2D eigenvalue weighted by Gasteiger charge is -2.36. The number of allylic oxidation sites excluding steroid dienone is 1. The molecule has 200 valence electrons. The van der Waals surface area contributed by atoms with Crippen molar-refractivity contribution in [2.45, 2.75) is 51.9 Å². The van der Waals surface area contributed by atoms with Crippen LogP contribution < -0.4 is 4.90 Å². The molecular formula is C24H33N5O7Si. The van der Waals surface area contributed by atoms with E-state index in [1.54, 1.807) is 11.8 Å². The summed E-state index contributed by atoms with van der Waals surface area (Å²) in [5, 5.41) is 24.6. The summed E-state index contributed by atoms with van der Waals surface area (Å²) in [6.45, 7) is 8.95. The average molecular weight is 532 g/mol. The van der Waals surface area contributed by atoms with Crippen molar-refractivity contribution < 1.29 is 29.1 Å². The number of rotatable bonds is 14. The summed E-state index contributed by atoms with van der Waals surface area (Å²) in [5.41, 5.74) is 9.86. The minimum Gasteiger partial charge on any atom is -0.478 e. The number of nitro benzene ring substituents is 1. The van der Waals surface area contributed by atoms with Crippen molar-refractivity contribution in [2.75, 3.05) is 31.3 Å². The van der Waals surface area contributed by atoms with Gasteiger partial charge in [0.05, 0.1) is 35.0 Å². The van der Waals surface area contributed by atoms with Crippen molar-refractivity contribution in [1.82, 2.24) is 0 Å². The first-order valence-corrected chi connectivity index (χ1v) is 15.7. The summed E-state index contributed by atoms with van der Waals surface area (Å²) >= 11 is 0. The molecule has 2 rings (SSSR count). The molecule has 1 N–H and O–H groups in total. The highest BCUT2D eigenvalue weighted by Crippen LogP contribution is 2.38. The second-order valence-corrected chi connectivity index (χ2v) is 15.2. The molecule has 0 atom stereocenters. The van der Waals surface area contributed by atoms with E-state index in [0.717, 1.165) is 6.04 Å². The Hall–Kier alpha value is -3.67. The summed E-state index contributed by atoms with van der Waals surface area (Å²) in [6, 6.07) is 6.41. The van der Waals surface area contributed by atoms with Crippen molar-refractivity contribution in [1.29, 1.82) is 0 Å². The summed E-state index contributed by atoms with van der Waals surface area (Å²) in [4.78, 5) is 40.4. The lowest BCUT2D eigenvalue weighted by atomic mass is 9.94. The van der Waals surface area contributed by atoms with Crippen molar-refractivity contribution in [3.05, 3.63) is 67.4 Å². The van der Waals surface area contributed by atoms with Gasteiger partial charge in [0.1, 0.15) is 0 Å². The molecule has 0 fully saturated rings. The van der Waals surface area contributed by atoms with E-state index in [2.05, 4.69) is 29.7 Å². The maximum atomic E-state index is 13.2. The Bertz CT molecular complexity index is 1120. The number of carbonyl (C=O) groups is 2. The van der Waals surface area contributed by atoms with E-state index in [4.69, 9.17) is 15.0 Å². The van der Waals surface area contributed by atoms with Crippen LogP contribution in [0.5, 0.6) is 0 Å². The zero-order chi connectivity index (χ0) is 27.6. The molecule has 0 aliphatic carbocycles. The normalized spacial score (nSPS) is 13.9. The van der Waals surface area contributed by atoms with Gasteiger partial charge in [-0.25, -0.2) is 9.59 Å². The van der Waals surface area contributed by atoms with Crippen LogP contribution >= 0.6 is 0 Å². The number of ether oxygens (including phenoxy) is 2. The van der Waals surface area contributed by atoms with Crippen molar-refractivity contribution in [2.24, 2.45) is 5.11 Å². The Morgan fingerprint density at radius 2 is 1.86 bits per heavy atom. The summed E-state index contributed by atoms with van der Waals surface area (Å²) in [6.07, 6.45) is 0.657. The van der Waals surface area contributed by atoms with Gasteiger partial charge in [-0.05, 0) is 36.5 Å². The number of hydrogen-bond donors (Lipinski definition) is 1. The van der Waals surface area contributed by atoms with Gasteiger partial charge in [-0.15, -0.1) is 0 Å². The maximum Gasteiger partial charge on any atom is 0.336 e. The van der Waals surface area contributed by atoms with Gasteiger partial charge in [0.2, 0.25) is 0 Å². The molecule has 0 spiro atoms. The molecule has 0 aromatic heterocycles. The topological polar surface area (TPSA) is 168 Å². The first-order chi connectivity index (χ1) is 17.5. The Kier molecular flexibility index (Phi) is 10.9. The zero-order valence-corrected chi connectivity index (χ0v) is 22.6. The van der Waals surface area contributed by atoms with Crippen LogP contribution in [0.3, 0.4) is 0 Å². The van der Waals surface area contributed by atoms with Crippen LogP contribution in [0.15, 0.2) is 51.9 Å². The number of aliphatic carboxylic acids is 1. The SMILES string of the molecule is CCC1=C(C(=O)O)CC(C(=O)OCC[Si](C)(C)C)=C(COCCCN=[N+]=[N-])N1c1ccc([N+](=O)[O-])cc1. The lowest BCUT2D eigenvalue weighted by molar-refractivity contribution is -0.384. The van der Waals surface area contributed by atoms with Crippen LogP contribution in [0.4, 0.5) is 11.4 Å². The number of carboxylic acid groups (broad SMARTS) is 1. The molecule has 1 aromatic rings. The largest absolute Gasteiger partial charge is 0.478 e. The van der Waals surface area contributed by atoms with Crippen LogP contribution in [-0.4, -0.2) is 56.4 Å². The van der Waals surface area contributed by atoms with Crippen LogP contribution in [0.25, 0.3) is 10.4 Å². The zero-order valence-electron chi connectivity index (χ0n) is 21.6. The molecular weight excluding hydrogens is 498 g/mol. The predicted molar refractivity (Wildman–Crippen MR) is 141 cm³/mol. The van der Waals surface area contributed by atoms with Gasteiger partial charge in [0, 0.05) is 56.1 Å². The van der Waals surface area contributed by atoms with E-state index in [-0.39, 0.29) is 49.6 Å². The monoisotopic (exact) mass is 531 g/mol. The fraction of sp³-hybridized carbons (Fsp3) is 0.500. The van der Waals surface area contributed by atoms with Gasteiger partial charge in [0.25, 0.3) is 5.69 Å². The molecule has 0 saturated carbocycles. The van der Waals surface area contributed by atoms with Gasteiger partial charge in [-0.3, -0.25) is 10.1 Å². The number of azide groups is 1. The molecule has 12 nitrogen and oxygen atoms in total. The van der Waals surface area contributed by atoms with E-state index in [1.807, 2.05) is 0 Å². The Morgan fingerprint density at radius 3 is 2.41 bits per heavy atom. The smallest absolute Gasteiger partial charge is 0.336 e. The molecule has 0 saturated heterocycles. The highest BCUT2D eigenvalue weighted by atomic mass is 28.3. The van der Waals surface area contributed by atoms with Gasteiger partial charge in [-0.1, -0.05) is 31.7 Å². The van der Waals surface area contributed by atoms with Crippen molar-refractivity contribution in [3.63, 3.8) is 0 Å². The number of nitrogens with zero attached hydrogens (tertiary/aromatic N) is 5. The number of carbonyl (C=O) groups excluding carboxylic acids is 1. The number of anilines is 1. The van der Waals surface area contributed by atoms with E-state index in [0.29, 0.717) is 29.9 Å². The van der Waals surface area contributed by atoms with Crippen LogP contribution in [0.1, 0.15) is 26.2 Å². The number of non-ortho nitro benzene ring substituents is 1. The van der Waals surface area contributed by atoms with E-state index in [9.17, 15) is 24.8 Å². The third kappa shape index (κ3) is 8.45. The molecule has 13 heteroatoms. The molecule has 1 heterocycles. The minimum atomic E-state index is -1.48. The molecule has 0 bridgehead atoms. The molecule has 1 aliphatic heterocycles. The number of benzene rings is 1. The second-order valence-electron chi connectivity index (χ2n) is 9.60. The maximum absolute atomic E-state index is 13.2. The summed E-state index contributed by atoms with van der Waals surface area (Å²) in [7, 11) is -1.48. The standard InChI is InChI=1S/C24H33N5O7Si/c1-5-21-19(23(30)31)15-20(24(32)36-13-14-37(2,3)4)22(16-35-12-6-11-26-27-25)28(21)17-7-9-18(10-8-17)29(33)34/h7-10H,5-6,11-16H2,1-4H3,(H,30,31). The van der Waals surface area contributed by atoms with Crippen LogP contribution in [0.2, 0.25) is 25.7 Å². The number of nitro groups is 1. The van der Waals surface area contributed by atoms with Gasteiger partial charge in [0.15, 0.2) is 0 Å². The van der Waals surface area contributed by atoms with E-state index in [1.165, 1.54) is 24.3 Å². The quantitative estimate of drug-likeness (QED) is 0.0486. The fourth-order valence-electron chi connectivity index (χ4n) is 3.75.